The molecule has 6 nitrogen and oxygen atoms in total. The summed E-state index contributed by atoms with van der Waals surface area (Å²) in [6.07, 6.45) is 6.58. The van der Waals surface area contributed by atoms with E-state index in [4.69, 9.17) is 9.47 Å². The van der Waals surface area contributed by atoms with Crippen molar-refractivity contribution in [2.24, 2.45) is 0 Å². The third-order valence-electron chi connectivity index (χ3n) is 5.86. The van der Waals surface area contributed by atoms with Gasteiger partial charge in [-0.15, -0.1) is 11.3 Å². The van der Waals surface area contributed by atoms with Gasteiger partial charge >= 0.3 is 5.97 Å². The van der Waals surface area contributed by atoms with Crippen LogP contribution in [0.25, 0.3) is 21.3 Å². The van der Waals surface area contributed by atoms with Gasteiger partial charge in [0, 0.05) is 10.4 Å². The topological polar surface area (TPSA) is 70.4 Å². The highest BCUT2D eigenvalue weighted by Crippen LogP contribution is 2.36. The Kier molecular flexibility index (Phi) is 6.41. The van der Waals surface area contributed by atoms with Crippen molar-refractivity contribution in [2.75, 3.05) is 6.61 Å². The van der Waals surface area contributed by atoms with Crippen LogP contribution in [0.1, 0.15) is 56.9 Å². The fourth-order valence-corrected chi connectivity index (χ4v) is 5.19. The number of hydrogen-bond donors (Lipinski definition) is 0. The van der Waals surface area contributed by atoms with Gasteiger partial charge < -0.3 is 9.47 Å². The number of aryl methyl sites for hydroxylation is 1. The van der Waals surface area contributed by atoms with Crippen molar-refractivity contribution in [1.82, 2.24) is 9.55 Å². The molecule has 0 bridgehead atoms. The van der Waals surface area contributed by atoms with Crippen LogP contribution in [0, 0.1) is 6.92 Å². The Labute approximate surface area is 185 Å². The molecule has 1 saturated carbocycles. The van der Waals surface area contributed by atoms with Crippen LogP contribution in [0.2, 0.25) is 0 Å². The molecule has 2 heterocycles. The minimum absolute atomic E-state index is 0.0427. The molecule has 0 N–H and O–H groups in total. The fourth-order valence-electron chi connectivity index (χ4n) is 4.18. The monoisotopic (exact) mass is 440 g/mol. The Bertz CT molecular complexity index is 1130. The van der Waals surface area contributed by atoms with Crippen molar-refractivity contribution >= 4 is 27.5 Å². The first kappa shape index (κ1) is 21.6. The highest BCUT2D eigenvalue weighted by Gasteiger charge is 2.25. The maximum absolute atomic E-state index is 13.4. The maximum atomic E-state index is 13.4. The number of fused-ring (bicyclic) bond motifs is 1. The quantitative estimate of drug-likeness (QED) is 0.489. The molecule has 1 aliphatic carbocycles. The van der Waals surface area contributed by atoms with Crippen molar-refractivity contribution in [1.29, 1.82) is 0 Å². The van der Waals surface area contributed by atoms with E-state index >= 15 is 0 Å². The van der Waals surface area contributed by atoms with Crippen LogP contribution in [-0.4, -0.2) is 28.2 Å². The van der Waals surface area contributed by atoms with Crippen LogP contribution in [0.15, 0.2) is 35.4 Å². The summed E-state index contributed by atoms with van der Waals surface area (Å²) in [4.78, 5) is 32.4. The lowest BCUT2D eigenvalue weighted by Gasteiger charge is -2.24. The molecule has 3 aromatic rings. The molecule has 0 spiro atoms. The zero-order valence-corrected chi connectivity index (χ0v) is 19.0. The number of rotatable bonds is 6. The molecular formula is C24H28N2O4S. The van der Waals surface area contributed by atoms with Gasteiger partial charge in [-0.2, -0.15) is 0 Å². The van der Waals surface area contributed by atoms with Crippen molar-refractivity contribution in [2.45, 2.75) is 65.0 Å². The number of aromatic nitrogens is 2. The molecule has 2 aromatic heterocycles. The average molecular weight is 441 g/mol. The van der Waals surface area contributed by atoms with E-state index in [0.29, 0.717) is 16.8 Å². The summed E-state index contributed by atoms with van der Waals surface area (Å²) < 4.78 is 12.6. The number of nitrogens with zero attached hydrogens (tertiary/aromatic N) is 2. The molecule has 1 aromatic carbocycles. The first-order valence-corrected chi connectivity index (χ1v) is 11.7. The second kappa shape index (κ2) is 9.22. The van der Waals surface area contributed by atoms with Crippen LogP contribution in [0.3, 0.4) is 0 Å². The van der Waals surface area contributed by atoms with Gasteiger partial charge in [0.05, 0.1) is 18.3 Å². The lowest BCUT2D eigenvalue weighted by molar-refractivity contribution is -0.154. The Balaban J connectivity index is 1.68. The maximum Gasteiger partial charge on any atom is 0.329 e. The van der Waals surface area contributed by atoms with Crippen molar-refractivity contribution < 1.29 is 14.3 Å². The summed E-state index contributed by atoms with van der Waals surface area (Å²) in [6, 6.07) is 7.00. The van der Waals surface area contributed by atoms with E-state index in [9.17, 15) is 9.59 Å². The molecule has 4 rings (SSSR count). The molecule has 0 aliphatic heterocycles. The van der Waals surface area contributed by atoms with Crippen LogP contribution < -0.4 is 10.3 Å². The van der Waals surface area contributed by atoms with Gasteiger partial charge in [0.25, 0.3) is 5.56 Å². The van der Waals surface area contributed by atoms with Gasteiger partial charge in [-0.05, 0) is 64.2 Å². The third-order valence-corrected chi connectivity index (χ3v) is 6.87. The summed E-state index contributed by atoms with van der Waals surface area (Å²) >= 11 is 1.49. The number of esters is 1. The van der Waals surface area contributed by atoms with E-state index in [1.54, 1.807) is 6.92 Å². The number of hydrogen-bond acceptors (Lipinski definition) is 6. The van der Waals surface area contributed by atoms with E-state index in [1.807, 2.05) is 38.1 Å². The van der Waals surface area contributed by atoms with Crippen LogP contribution in [-0.2, 0) is 9.53 Å². The number of carbonyl (C=O) groups excluding carboxylic acids is 1. The number of thiophene rings is 1. The molecule has 1 atom stereocenters. The van der Waals surface area contributed by atoms with E-state index in [0.717, 1.165) is 47.4 Å². The molecule has 0 radical (unpaired) electrons. The Morgan fingerprint density at radius 3 is 2.61 bits per heavy atom. The van der Waals surface area contributed by atoms with Gasteiger partial charge in [-0.25, -0.2) is 9.78 Å². The van der Waals surface area contributed by atoms with E-state index in [1.165, 1.54) is 28.7 Å². The zero-order valence-electron chi connectivity index (χ0n) is 18.2. The minimum Gasteiger partial charge on any atom is -0.494 e. The Morgan fingerprint density at radius 1 is 1.23 bits per heavy atom. The number of carbonyl (C=O) groups is 1. The average Bonchev–Trinajstić information content (AvgIpc) is 3.12. The molecule has 1 unspecified atom stereocenters. The van der Waals surface area contributed by atoms with Crippen LogP contribution in [0.5, 0.6) is 5.75 Å². The van der Waals surface area contributed by atoms with Crippen LogP contribution in [0.4, 0.5) is 0 Å². The first-order valence-electron chi connectivity index (χ1n) is 10.9. The molecule has 0 amide bonds. The van der Waals surface area contributed by atoms with Crippen molar-refractivity contribution in [3.05, 3.63) is 45.8 Å². The van der Waals surface area contributed by atoms with Gasteiger partial charge in [0.2, 0.25) is 0 Å². The van der Waals surface area contributed by atoms with E-state index in [-0.39, 0.29) is 17.6 Å². The largest absolute Gasteiger partial charge is 0.494 e. The lowest BCUT2D eigenvalue weighted by Crippen LogP contribution is -2.32. The zero-order chi connectivity index (χ0) is 22.0. The number of ether oxygens (including phenoxy) is 2. The highest BCUT2D eigenvalue weighted by molar-refractivity contribution is 7.19. The number of benzene rings is 1. The molecule has 1 fully saturated rings. The second-order valence-electron chi connectivity index (χ2n) is 8.00. The normalized spacial score (nSPS) is 15.7. The Morgan fingerprint density at radius 2 is 1.94 bits per heavy atom. The molecule has 164 valence electrons. The fraction of sp³-hybridized carbons (Fsp3) is 0.458. The highest BCUT2D eigenvalue weighted by atomic mass is 32.1. The third kappa shape index (κ3) is 4.37. The lowest BCUT2D eigenvalue weighted by atomic mass is 9.98. The minimum atomic E-state index is -0.722. The molecular weight excluding hydrogens is 412 g/mol. The van der Waals surface area contributed by atoms with Gasteiger partial charge in [0.15, 0.2) is 0 Å². The van der Waals surface area contributed by atoms with Gasteiger partial charge in [0.1, 0.15) is 22.7 Å². The summed E-state index contributed by atoms with van der Waals surface area (Å²) in [5, 5.41) is 0.548. The summed E-state index contributed by atoms with van der Waals surface area (Å²) in [5.41, 5.74) is 1.58. The van der Waals surface area contributed by atoms with Crippen LogP contribution >= 0.6 is 11.3 Å². The van der Waals surface area contributed by atoms with E-state index < -0.39 is 6.04 Å². The summed E-state index contributed by atoms with van der Waals surface area (Å²) in [6.45, 7) is 6.24. The van der Waals surface area contributed by atoms with Crippen molar-refractivity contribution in [3.63, 3.8) is 0 Å². The predicted octanol–water partition coefficient (Wildman–Crippen LogP) is 5.27. The molecule has 31 heavy (non-hydrogen) atoms. The molecule has 7 heteroatoms. The molecule has 1 aliphatic rings. The van der Waals surface area contributed by atoms with E-state index in [2.05, 4.69) is 4.98 Å². The summed E-state index contributed by atoms with van der Waals surface area (Å²) in [7, 11) is 0. The second-order valence-corrected chi connectivity index (χ2v) is 9.20. The van der Waals surface area contributed by atoms with Crippen molar-refractivity contribution in [3.8, 4) is 16.9 Å². The standard InChI is InChI=1S/C24H28N2O4S/c1-4-29-18-12-10-17(11-13-18)20-16(3)31-22-21(20)23(27)26(14-25-22)15(2)24(28)30-19-8-6-5-7-9-19/h10-15,19H,4-9H2,1-3H3. The first-order chi connectivity index (χ1) is 15.0. The molecule has 0 saturated heterocycles. The SMILES string of the molecule is CCOc1ccc(-c2c(C)sc3ncn(C(C)C(=O)OC4CCCCC4)c(=O)c23)cc1. The summed E-state index contributed by atoms with van der Waals surface area (Å²) in [5.74, 6) is 0.419. The van der Waals surface area contributed by atoms with Gasteiger partial charge in [-0.1, -0.05) is 18.6 Å². The van der Waals surface area contributed by atoms with Gasteiger partial charge in [-0.3, -0.25) is 9.36 Å². The smallest absolute Gasteiger partial charge is 0.329 e. The Hall–Kier alpha value is -2.67. The predicted molar refractivity (Wildman–Crippen MR) is 123 cm³/mol.